The van der Waals surface area contributed by atoms with Gasteiger partial charge in [0.25, 0.3) is 0 Å². The number of halogens is 2. The molecule has 21 heavy (non-hydrogen) atoms. The van der Waals surface area contributed by atoms with E-state index in [-0.39, 0.29) is 11.3 Å². The average molecular weight is 297 g/mol. The molecule has 1 fully saturated rings. The second-order valence-corrected chi connectivity index (χ2v) is 5.34. The van der Waals surface area contributed by atoms with Crippen molar-refractivity contribution < 1.29 is 23.5 Å². The molecule has 0 radical (unpaired) electrons. The molecule has 2 atom stereocenters. The van der Waals surface area contributed by atoms with Crippen molar-refractivity contribution in [3.05, 3.63) is 35.4 Å². The van der Waals surface area contributed by atoms with Gasteiger partial charge in [-0.1, -0.05) is 0 Å². The molecule has 0 spiro atoms. The lowest BCUT2D eigenvalue weighted by Crippen LogP contribution is -2.46. The van der Waals surface area contributed by atoms with Crippen LogP contribution >= 0.6 is 0 Å². The molecule has 1 N–H and O–H groups in total. The van der Waals surface area contributed by atoms with Gasteiger partial charge in [-0.2, -0.15) is 0 Å². The third kappa shape index (κ3) is 3.44. The lowest BCUT2D eigenvalue weighted by molar-refractivity contribution is -0.143. The van der Waals surface area contributed by atoms with E-state index in [1.54, 1.807) is 11.8 Å². The fourth-order valence-corrected chi connectivity index (χ4v) is 2.62. The number of Topliss-reactive ketones (excluding diaryl/α,β-unsaturated/α-hetero) is 1. The summed E-state index contributed by atoms with van der Waals surface area (Å²) in [5, 5.41) is 9.06. The summed E-state index contributed by atoms with van der Waals surface area (Å²) in [7, 11) is 0. The summed E-state index contributed by atoms with van der Waals surface area (Å²) in [6.07, 6.45) is 1.30. The molecular formula is C15H17F2NO3. The molecule has 0 bridgehead atoms. The number of likely N-dealkylation sites (tertiary alicyclic amines) is 1. The van der Waals surface area contributed by atoms with Crippen molar-refractivity contribution in [2.75, 3.05) is 13.1 Å². The van der Waals surface area contributed by atoms with Crippen LogP contribution < -0.4 is 0 Å². The zero-order valence-corrected chi connectivity index (χ0v) is 11.7. The first-order valence-corrected chi connectivity index (χ1v) is 6.86. The molecule has 114 valence electrons. The number of carbonyl (C=O) groups excluding carboxylic acids is 1. The van der Waals surface area contributed by atoms with Crippen LogP contribution in [0.1, 0.15) is 30.1 Å². The van der Waals surface area contributed by atoms with Crippen LogP contribution in [0.5, 0.6) is 0 Å². The molecule has 4 nitrogen and oxygen atoms in total. The minimum atomic E-state index is -1.06. The Labute approximate surface area is 121 Å². The van der Waals surface area contributed by atoms with Gasteiger partial charge in [0.2, 0.25) is 0 Å². The molecule has 6 heteroatoms. The number of benzene rings is 1. The van der Waals surface area contributed by atoms with Crippen LogP contribution in [0.2, 0.25) is 0 Å². The van der Waals surface area contributed by atoms with Gasteiger partial charge in [-0.05, 0) is 44.5 Å². The highest BCUT2D eigenvalue weighted by molar-refractivity contribution is 5.99. The third-order valence-corrected chi connectivity index (χ3v) is 3.93. The van der Waals surface area contributed by atoms with Crippen LogP contribution in [0.4, 0.5) is 8.78 Å². The van der Waals surface area contributed by atoms with E-state index < -0.39 is 29.6 Å². The second-order valence-electron chi connectivity index (χ2n) is 5.34. The topological polar surface area (TPSA) is 57.6 Å². The number of hydrogen-bond donors (Lipinski definition) is 1. The Hall–Kier alpha value is -1.82. The van der Waals surface area contributed by atoms with Crippen molar-refractivity contribution in [1.29, 1.82) is 0 Å². The smallest absolute Gasteiger partial charge is 0.307 e. The van der Waals surface area contributed by atoms with E-state index in [2.05, 4.69) is 0 Å². The molecule has 2 unspecified atom stereocenters. The number of carbonyl (C=O) groups is 2. The molecule has 1 aliphatic rings. The molecule has 1 aromatic rings. The number of ketones is 1. The van der Waals surface area contributed by atoms with E-state index in [4.69, 9.17) is 5.11 Å². The highest BCUT2D eigenvalue weighted by atomic mass is 19.2. The number of aliphatic carboxylic acids is 1. The lowest BCUT2D eigenvalue weighted by atomic mass is 9.95. The first-order valence-electron chi connectivity index (χ1n) is 6.86. The summed E-state index contributed by atoms with van der Waals surface area (Å²) in [5.41, 5.74) is 0.0962. The van der Waals surface area contributed by atoms with Crippen molar-refractivity contribution in [2.45, 2.75) is 25.8 Å². The van der Waals surface area contributed by atoms with E-state index in [0.29, 0.717) is 25.9 Å². The molecule has 0 aromatic heterocycles. The monoisotopic (exact) mass is 297 g/mol. The number of piperidine rings is 1. The number of hydrogen-bond acceptors (Lipinski definition) is 3. The Morgan fingerprint density at radius 3 is 2.67 bits per heavy atom. The Morgan fingerprint density at radius 2 is 2.05 bits per heavy atom. The zero-order valence-electron chi connectivity index (χ0n) is 11.7. The number of rotatable bonds is 4. The fraction of sp³-hybridized carbons (Fsp3) is 0.467. The largest absolute Gasteiger partial charge is 0.481 e. The van der Waals surface area contributed by atoms with Gasteiger partial charge >= 0.3 is 5.97 Å². The van der Waals surface area contributed by atoms with Crippen LogP contribution in [-0.2, 0) is 4.79 Å². The Kier molecular flexibility index (Phi) is 4.67. The van der Waals surface area contributed by atoms with Crippen LogP contribution in [0, 0.1) is 17.6 Å². The van der Waals surface area contributed by atoms with Gasteiger partial charge in [0.1, 0.15) is 0 Å². The first-order chi connectivity index (χ1) is 9.90. The summed E-state index contributed by atoms with van der Waals surface area (Å²) in [4.78, 5) is 25.1. The highest BCUT2D eigenvalue weighted by Gasteiger charge is 2.31. The first kappa shape index (κ1) is 15.6. The predicted molar refractivity (Wildman–Crippen MR) is 72.1 cm³/mol. The van der Waals surface area contributed by atoms with Gasteiger partial charge in [-0.25, -0.2) is 8.78 Å². The molecule has 1 saturated heterocycles. The van der Waals surface area contributed by atoms with Gasteiger partial charge in [0.05, 0.1) is 12.0 Å². The Morgan fingerprint density at radius 1 is 1.33 bits per heavy atom. The average Bonchev–Trinajstić information content (AvgIpc) is 2.48. The van der Waals surface area contributed by atoms with E-state index in [1.165, 1.54) is 6.07 Å². The normalized spacial score (nSPS) is 21.0. The number of carboxylic acid groups (broad SMARTS) is 1. The van der Waals surface area contributed by atoms with Crippen molar-refractivity contribution in [1.82, 2.24) is 4.90 Å². The zero-order chi connectivity index (χ0) is 15.6. The summed E-state index contributed by atoms with van der Waals surface area (Å²) < 4.78 is 26.1. The quantitative estimate of drug-likeness (QED) is 0.867. The molecule has 2 rings (SSSR count). The van der Waals surface area contributed by atoms with Gasteiger partial charge in [0, 0.05) is 12.1 Å². The van der Waals surface area contributed by atoms with Gasteiger partial charge < -0.3 is 5.11 Å². The maximum atomic E-state index is 13.2. The van der Waals surface area contributed by atoms with Crippen molar-refractivity contribution >= 4 is 11.8 Å². The standard InChI is InChI=1S/C15H17F2NO3/c1-9(18-6-2-3-11(8-18)15(20)21)14(19)10-4-5-12(16)13(17)7-10/h4-5,7,9,11H,2-3,6,8H2,1H3,(H,20,21). The van der Waals surface area contributed by atoms with Gasteiger partial charge in [-0.3, -0.25) is 14.5 Å². The van der Waals surface area contributed by atoms with Crippen LogP contribution in [0.3, 0.4) is 0 Å². The molecule has 1 heterocycles. The lowest BCUT2D eigenvalue weighted by Gasteiger charge is -2.34. The fourth-order valence-electron chi connectivity index (χ4n) is 2.62. The SMILES string of the molecule is CC(C(=O)c1ccc(F)c(F)c1)N1CCCC(C(=O)O)C1. The summed E-state index contributed by atoms with van der Waals surface area (Å²) >= 11 is 0. The molecule has 1 aliphatic heterocycles. The maximum absolute atomic E-state index is 13.2. The van der Waals surface area contributed by atoms with E-state index in [9.17, 15) is 18.4 Å². The van der Waals surface area contributed by atoms with Crippen molar-refractivity contribution in [2.24, 2.45) is 5.92 Å². The van der Waals surface area contributed by atoms with Crippen LogP contribution in [0.15, 0.2) is 18.2 Å². The molecular weight excluding hydrogens is 280 g/mol. The van der Waals surface area contributed by atoms with Crippen molar-refractivity contribution in [3.8, 4) is 0 Å². The maximum Gasteiger partial charge on any atom is 0.307 e. The number of nitrogens with zero attached hydrogens (tertiary/aromatic N) is 1. The third-order valence-electron chi connectivity index (χ3n) is 3.93. The minimum Gasteiger partial charge on any atom is -0.481 e. The molecule has 0 aliphatic carbocycles. The van der Waals surface area contributed by atoms with Crippen LogP contribution in [0.25, 0.3) is 0 Å². The van der Waals surface area contributed by atoms with E-state index in [1.807, 2.05) is 0 Å². The predicted octanol–water partition coefficient (Wildman–Crippen LogP) is 2.33. The molecule has 0 amide bonds. The van der Waals surface area contributed by atoms with Crippen LogP contribution in [-0.4, -0.2) is 40.9 Å². The molecule has 1 aromatic carbocycles. The summed E-state index contributed by atoms with van der Waals surface area (Å²) in [6.45, 7) is 2.58. The minimum absolute atomic E-state index is 0.0962. The molecule has 0 saturated carbocycles. The number of carboxylic acids is 1. The van der Waals surface area contributed by atoms with E-state index in [0.717, 1.165) is 12.1 Å². The summed E-state index contributed by atoms with van der Waals surface area (Å²) in [5.74, 6) is -3.75. The van der Waals surface area contributed by atoms with E-state index >= 15 is 0 Å². The van der Waals surface area contributed by atoms with Gasteiger partial charge in [-0.15, -0.1) is 0 Å². The Bertz CT molecular complexity index is 562. The highest BCUT2D eigenvalue weighted by Crippen LogP contribution is 2.21. The van der Waals surface area contributed by atoms with Gasteiger partial charge in [0.15, 0.2) is 17.4 Å². The second kappa shape index (κ2) is 6.30. The van der Waals surface area contributed by atoms with Crippen molar-refractivity contribution in [3.63, 3.8) is 0 Å². The summed E-state index contributed by atoms with van der Waals surface area (Å²) in [6, 6.07) is 2.49. The Balaban J connectivity index is 2.11.